The number of carbonyl (C=O) groups excluding carboxylic acids is 3. The average molecular weight is 1630 g/mol. The first-order valence-electron chi connectivity index (χ1n) is 39.6. The van der Waals surface area contributed by atoms with Crippen LogP contribution in [0.1, 0.15) is 151 Å². The molecular weight excluding hydrogens is 1510 g/mol. The summed E-state index contributed by atoms with van der Waals surface area (Å²) in [5, 5.41) is 6.90. The van der Waals surface area contributed by atoms with E-state index in [9.17, 15) is 14.4 Å². The number of amides is 1. The number of aldehydes is 2. The van der Waals surface area contributed by atoms with E-state index in [0.717, 1.165) is 61.4 Å². The lowest BCUT2D eigenvalue weighted by atomic mass is 9.79. The van der Waals surface area contributed by atoms with Gasteiger partial charge >= 0.3 is 0 Å². The van der Waals surface area contributed by atoms with Gasteiger partial charge in [0.2, 0.25) is 5.91 Å². The molecule has 4 aliphatic rings. The van der Waals surface area contributed by atoms with Gasteiger partial charge in [-0.1, -0.05) is 253 Å². The quantitative estimate of drug-likeness (QED) is 0.0130. The fourth-order valence-corrected chi connectivity index (χ4v) is 26.7. The van der Waals surface area contributed by atoms with Gasteiger partial charge in [-0.15, -0.1) is 0 Å². The van der Waals surface area contributed by atoms with E-state index in [1.165, 1.54) is 6.08 Å². The number of ether oxygens (including phenoxy) is 9. The van der Waals surface area contributed by atoms with E-state index < -0.39 is 71.0 Å². The summed E-state index contributed by atoms with van der Waals surface area (Å²) in [7, 11) is 0.461. The van der Waals surface area contributed by atoms with Crippen molar-refractivity contribution in [2.24, 2.45) is 11.8 Å². The average Bonchev–Trinajstić information content (AvgIpc) is 0.760. The number of rotatable bonds is 35. The molecule has 0 aliphatic carbocycles. The van der Waals surface area contributed by atoms with E-state index in [0.29, 0.717) is 76.0 Å². The highest BCUT2D eigenvalue weighted by Crippen LogP contribution is 2.45. The van der Waals surface area contributed by atoms with Crippen molar-refractivity contribution in [3.05, 3.63) is 234 Å². The van der Waals surface area contributed by atoms with Crippen LogP contribution in [0.3, 0.4) is 0 Å². The first kappa shape index (κ1) is 87.3. The number of carbonyl (C=O) groups is 3. The maximum Gasteiger partial charge on any atom is 0.262 e. The van der Waals surface area contributed by atoms with E-state index in [1.807, 2.05) is 78.7 Å². The van der Waals surface area contributed by atoms with Gasteiger partial charge in [-0.05, 0) is 117 Å². The number of oxazole rings is 1. The van der Waals surface area contributed by atoms with Gasteiger partial charge in [-0.25, -0.2) is 4.98 Å². The zero-order valence-corrected chi connectivity index (χ0v) is 71.6. The number of benzene rings is 5. The van der Waals surface area contributed by atoms with Crippen LogP contribution in [0.5, 0.6) is 5.75 Å². The lowest BCUT2D eigenvalue weighted by Gasteiger charge is -2.49. The van der Waals surface area contributed by atoms with Gasteiger partial charge in [-0.3, -0.25) is 4.79 Å². The van der Waals surface area contributed by atoms with E-state index in [1.54, 1.807) is 34.7 Å². The maximum absolute atomic E-state index is 14.4. The summed E-state index contributed by atoms with van der Waals surface area (Å²) in [6.45, 7) is 26.6. The number of nitrogens with one attached hydrogen (secondary N) is 1. The second-order valence-electron chi connectivity index (χ2n) is 32.8. The lowest BCUT2D eigenvalue weighted by molar-refractivity contribution is -0.297. The van der Waals surface area contributed by atoms with Crippen LogP contribution < -0.4 is 30.8 Å². The van der Waals surface area contributed by atoms with E-state index in [4.69, 9.17) is 60.9 Å². The summed E-state index contributed by atoms with van der Waals surface area (Å²) >= 11 is 3.42. The predicted octanol–water partition coefficient (Wildman–Crippen LogP) is 15.8. The Morgan fingerprint density at radius 2 is 1.32 bits per heavy atom. The molecular formula is C92H119BrN2O15Si2. The highest BCUT2D eigenvalue weighted by atomic mass is 79.9. The van der Waals surface area contributed by atoms with Crippen molar-refractivity contribution in [2.45, 2.75) is 242 Å². The molecule has 0 bridgehead atoms. The Morgan fingerprint density at radius 3 is 1.88 bits per heavy atom. The van der Waals surface area contributed by atoms with Crippen LogP contribution in [0.15, 0.2) is 221 Å². The van der Waals surface area contributed by atoms with Gasteiger partial charge in [-0.2, -0.15) is 0 Å². The smallest absolute Gasteiger partial charge is 0.262 e. The topological polar surface area (TPSA) is 191 Å². The number of hydrogen-bond donors (Lipinski definition) is 1. The third kappa shape index (κ3) is 21.9. The predicted molar refractivity (Wildman–Crippen MR) is 450 cm³/mol. The number of aromatic nitrogens is 1. The van der Waals surface area contributed by atoms with Gasteiger partial charge in [0, 0.05) is 65.3 Å². The summed E-state index contributed by atoms with van der Waals surface area (Å²) in [4.78, 5) is 46.7. The molecule has 4 aliphatic heterocycles. The minimum atomic E-state index is -3.20. The minimum Gasteiger partial charge on any atom is -0.497 e. The maximum atomic E-state index is 14.4. The molecule has 0 unspecified atom stereocenters. The van der Waals surface area contributed by atoms with Gasteiger partial charge in [0.15, 0.2) is 11.7 Å². The van der Waals surface area contributed by atoms with E-state index in [-0.39, 0.29) is 71.4 Å². The molecule has 4 saturated heterocycles. The fourth-order valence-electron chi connectivity index (χ4n) is 17.1. The Bertz CT molecular complexity index is 4040. The second-order valence-corrected chi connectivity index (χ2v) is 41.8. The summed E-state index contributed by atoms with van der Waals surface area (Å²) in [6.07, 6.45) is 17.1. The molecule has 6 aromatic rings. The molecule has 10 rings (SSSR count). The van der Waals surface area contributed by atoms with Crippen LogP contribution in [0.25, 0.3) is 6.08 Å². The zero-order chi connectivity index (χ0) is 80.2. The van der Waals surface area contributed by atoms with Crippen molar-refractivity contribution in [1.82, 2.24) is 10.3 Å². The molecule has 1 N–H and O–H groups in total. The molecule has 112 heavy (non-hydrogen) atoms. The van der Waals surface area contributed by atoms with Crippen LogP contribution >= 0.6 is 15.9 Å². The molecule has 20 heteroatoms. The minimum absolute atomic E-state index is 0.134. The summed E-state index contributed by atoms with van der Waals surface area (Å²) in [5.74, 6) is -0.818. The molecule has 1 aromatic heterocycles. The molecule has 4 fully saturated rings. The van der Waals surface area contributed by atoms with Crippen LogP contribution in [-0.4, -0.2) is 154 Å². The number of halogens is 1. The molecule has 5 heterocycles. The van der Waals surface area contributed by atoms with Gasteiger partial charge in [0.1, 0.15) is 36.3 Å². The van der Waals surface area contributed by atoms with Gasteiger partial charge in [0.05, 0.1) is 93.4 Å². The summed E-state index contributed by atoms with van der Waals surface area (Å²) in [6, 6.07) is 49.1. The molecule has 16 atom stereocenters. The van der Waals surface area contributed by atoms with Crippen molar-refractivity contribution in [2.75, 3.05) is 28.4 Å². The molecule has 17 nitrogen and oxygen atoms in total. The van der Waals surface area contributed by atoms with Crippen molar-refractivity contribution in [3.8, 4) is 5.75 Å². The molecule has 0 radical (unpaired) electrons. The monoisotopic (exact) mass is 1630 g/mol. The van der Waals surface area contributed by atoms with Crippen molar-refractivity contribution >= 4 is 77.9 Å². The number of hydrogen-bond acceptors (Lipinski definition) is 16. The van der Waals surface area contributed by atoms with Crippen molar-refractivity contribution in [1.29, 1.82) is 0 Å². The number of nitrogens with zero attached hydrogens (tertiary/aromatic N) is 1. The molecule has 0 spiro atoms. The van der Waals surface area contributed by atoms with Crippen molar-refractivity contribution in [3.63, 3.8) is 0 Å². The Balaban J connectivity index is 0.899. The van der Waals surface area contributed by atoms with Gasteiger partial charge in [0.25, 0.3) is 16.6 Å². The van der Waals surface area contributed by atoms with E-state index in [2.05, 4.69) is 205 Å². The zero-order valence-electron chi connectivity index (χ0n) is 68.0. The third-order valence-corrected chi connectivity index (χ3v) is 33.2. The molecule has 0 saturated carbocycles. The summed E-state index contributed by atoms with van der Waals surface area (Å²) < 4.78 is 81.4. The molecule has 602 valence electrons. The first-order valence-corrected chi connectivity index (χ1v) is 44.4. The second kappa shape index (κ2) is 40.4. The fraction of sp³-hybridized carbons (Fsp3) is 0.478. The highest BCUT2D eigenvalue weighted by Gasteiger charge is 2.56. The molecule has 1 amide bonds. The normalized spacial score (nSPS) is 26.1. The highest BCUT2D eigenvalue weighted by molar-refractivity contribution is 9.11. The Kier molecular flexibility index (Phi) is 31.5. The summed E-state index contributed by atoms with van der Waals surface area (Å²) in [5.41, 5.74) is 4.47. The van der Waals surface area contributed by atoms with Gasteiger partial charge < -0.3 is 70.8 Å². The Labute approximate surface area is 675 Å². The van der Waals surface area contributed by atoms with Crippen LogP contribution in [0.4, 0.5) is 0 Å². The Morgan fingerprint density at radius 1 is 0.714 bits per heavy atom. The number of allylic oxidation sites excluding steroid dienone is 2. The van der Waals surface area contributed by atoms with E-state index >= 15 is 0 Å². The third-order valence-electron chi connectivity index (χ3n) is 22.7. The van der Waals surface area contributed by atoms with Crippen LogP contribution in [0.2, 0.25) is 10.1 Å². The SMILES string of the molecule is C=C1C[C@H](C[C@@H]2C[C@H](O[Si](c3ccccc3)(c3ccccc3)C(C)(C)C)C[C@H]([C@@H](C=O)NC(=O)/C=C/C[C@H]3O[C@@H](/C(C)=C/c4coc(C[C@]5(OC)C[C@H](OC)C[C@H]([C@@H](/C=C(C)/C=C/[C@@H](C/C=C/Br)OC)O[Si](c6ccccc6)(c6ccccc6)C(C)(C)C)O5)n4)[C@H](C)[C@@H](OCc4ccc(OC)cc4)[C@H]3C)O2)O[C@@H](CC=O)C1. The lowest BCUT2D eigenvalue weighted by Crippen LogP contribution is -2.69. The Hall–Kier alpha value is -7.13. The number of methoxy groups -OCH3 is 4. The van der Waals surface area contributed by atoms with Crippen LogP contribution in [0, 0.1) is 11.8 Å². The molecule has 5 aromatic carbocycles. The van der Waals surface area contributed by atoms with Crippen LogP contribution in [-0.2, 0) is 74.2 Å². The largest absolute Gasteiger partial charge is 0.497 e. The van der Waals surface area contributed by atoms with Crippen molar-refractivity contribution < 1.29 is 70.3 Å². The standard InChI is InChI=1S/C92H119BrN2O15Si2/c1-63(41-44-70(99-12)30-29-48-93)52-85(110-112(91(9,10)11,79-35-24-18-25-36-79)80-37-26-19-27-38-80)84-57-76(101-14)58-92(102-15,108-84)59-87-94-69(62-103-87)53-65(3)88-67(5)89(104-61-68-42-45-71(100-13)46-43-68)66(4)82(107-88)39-28-40-86(98)95-81(60-97)83-56-75(55-74(106-83)54-73-51-64(2)50-72(105-73)47-49-96)109-111(90(6,7)8,77-31-20-16-21-32-77)78-33-22-17-23-34-78/h16-29,31-38,40-46,48-49,52-53,60,62,66-67,70,72-76,81-85,88-89H,2,30,39,47,50-51,54-59,61H2,1,3-15H3,(H,95,98)/b40-28+,44-41+,48-29+,63-52+,65-53+/t66-,67-,70+,72-,73+,74+,75-,76+,81+,82+,83+,84+,85+,88-,89-,92-/m0/s1. The first-order chi connectivity index (χ1) is 53.8.